The van der Waals surface area contributed by atoms with Crippen molar-refractivity contribution in [2.24, 2.45) is 5.73 Å². The van der Waals surface area contributed by atoms with Gasteiger partial charge in [0, 0.05) is 42.7 Å². The molecule has 7 heteroatoms. The molecule has 0 amide bonds. The minimum absolute atomic E-state index is 0.0537. The first kappa shape index (κ1) is 23.2. The summed E-state index contributed by atoms with van der Waals surface area (Å²) in [4.78, 5) is 27.4. The standard InChI is InChI=1S/C25H24N4O.C2H4O2/c1-2-29-23-15-18-9-4-3-8-17(18)14-21(23)27-24(25(29)30)20-16-28(13-7-12-26)22-11-6-5-10-19(20)22;1-2(3)4/h3-6,8-11,14-16H,2,7,12-13,26H2,1H3;1H3,(H,3,4). The Hall–Kier alpha value is -3.97. The Morgan fingerprint density at radius 1 is 1.03 bits per heavy atom. The van der Waals surface area contributed by atoms with Crippen LogP contribution < -0.4 is 11.3 Å². The highest BCUT2D eigenvalue weighted by molar-refractivity contribution is 5.98. The van der Waals surface area contributed by atoms with Gasteiger partial charge in [0.2, 0.25) is 0 Å². The van der Waals surface area contributed by atoms with E-state index in [9.17, 15) is 4.79 Å². The number of aromatic nitrogens is 3. The van der Waals surface area contributed by atoms with Gasteiger partial charge in [-0.3, -0.25) is 9.59 Å². The molecule has 3 N–H and O–H groups in total. The van der Waals surface area contributed by atoms with Crippen molar-refractivity contribution in [3.05, 3.63) is 77.2 Å². The van der Waals surface area contributed by atoms with Gasteiger partial charge in [-0.2, -0.15) is 0 Å². The van der Waals surface area contributed by atoms with Crippen molar-refractivity contribution in [3.63, 3.8) is 0 Å². The van der Waals surface area contributed by atoms with Crippen molar-refractivity contribution in [2.75, 3.05) is 6.54 Å². The third-order valence-electron chi connectivity index (χ3n) is 5.78. The number of nitrogens with zero attached hydrogens (tertiary/aromatic N) is 3. The van der Waals surface area contributed by atoms with Crippen molar-refractivity contribution in [1.82, 2.24) is 14.1 Å². The number of rotatable bonds is 5. The fourth-order valence-corrected chi connectivity index (χ4v) is 4.30. The summed E-state index contributed by atoms with van der Waals surface area (Å²) in [5, 5.41) is 10.7. The van der Waals surface area contributed by atoms with Gasteiger partial charge in [0.25, 0.3) is 11.5 Å². The number of fused-ring (bicyclic) bond motifs is 3. The maximum absolute atomic E-state index is 13.5. The Balaban J connectivity index is 0.000000636. The molecule has 0 saturated heterocycles. The van der Waals surface area contributed by atoms with Crippen LogP contribution in [0.1, 0.15) is 20.3 Å². The van der Waals surface area contributed by atoms with Gasteiger partial charge in [0.05, 0.1) is 11.0 Å². The van der Waals surface area contributed by atoms with Crippen LogP contribution in [0.5, 0.6) is 0 Å². The molecule has 3 aromatic carbocycles. The predicted molar refractivity (Wildman–Crippen MR) is 137 cm³/mol. The van der Waals surface area contributed by atoms with Gasteiger partial charge in [-0.1, -0.05) is 42.5 Å². The van der Waals surface area contributed by atoms with E-state index in [0.29, 0.717) is 18.8 Å². The fraction of sp³-hybridized carbons (Fsp3) is 0.222. The van der Waals surface area contributed by atoms with E-state index in [0.717, 1.165) is 58.2 Å². The number of aliphatic carboxylic acids is 1. The molecule has 5 rings (SSSR count). The highest BCUT2D eigenvalue weighted by Crippen LogP contribution is 2.30. The maximum atomic E-state index is 13.5. The van der Waals surface area contributed by atoms with Crippen LogP contribution in [-0.4, -0.2) is 31.7 Å². The molecular formula is C27H28N4O3. The number of carbonyl (C=O) groups is 1. The van der Waals surface area contributed by atoms with E-state index in [2.05, 4.69) is 47.2 Å². The van der Waals surface area contributed by atoms with Gasteiger partial charge in [0.1, 0.15) is 5.69 Å². The molecule has 2 heterocycles. The van der Waals surface area contributed by atoms with Crippen molar-refractivity contribution in [1.29, 1.82) is 0 Å². The highest BCUT2D eigenvalue weighted by atomic mass is 16.4. The van der Waals surface area contributed by atoms with Crippen LogP contribution in [-0.2, 0) is 17.9 Å². The van der Waals surface area contributed by atoms with Crippen molar-refractivity contribution in [2.45, 2.75) is 33.4 Å². The van der Waals surface area contributed by atoms with Crippen LogP contribution in [0, 0.1) is 0 Å². The Bertz CT molecular complexity index is 1540. The van der Waals surface area contributed by atoms with E-state index in [1.807, 2.05) is 35.8 Å². The van der Waals surface area contributed by atoms with Crippen molar-refractivity contribution in [3.8, 4) is 11.3 Å². The Kier molecular flexibility index (Phi) is 6.75. The first-order chi connectivity index (χ1) is 16.4. The predicted octanol–water partition coefficient (Wildman–Crippen LogP) is 4.63. The lowest BCUT2D eigenvalue weighted by Gasteiger charge is -2.11. The minimum Gasteiger partial charge on any atom is -0.481 e. The monoisotopic (exact) mass is 456 g/mol. The number of hydrogen-bond donors (Lipinski definition) is 2. The van der Waals surface area contributed by atoms with E-state index in [1.165, 1.54) is 0 Å². The Morgan fingerprint density at radius 3 is 2.35 bits per heavy atom. The largest absolute Gasteiger partial charge is 0.481 e. The smallest absolute Gasteiger partial charge is 0.300 e. The molecular weight excluding hydrogens is 428 g/mol. The molecule has 34 heavy (non-hydrogen) atoms. The molecule has 2 aromatic heterocycles. The van der Waals surface area contributed by atoms with Crippen LogP contribution in [0.4, 0.5) is 0 Å². The molecule has 0 atom stereocenters. The van der Waals surface area contributed by atoms with Crippen molar-refractivity contribution < 1.29 is 9.90 Å². The van der Waals surface area contributed by atoms with Gasteiger partial charge >= 0.3 is 0 Å². The van der Waals surface area contributed by atoms with Crippen molar-refractivity contribution >= 4 is 38.7 Å². The number of hydrogen-bond acceptors (Lipinski definition) is 4. The second-order valence-electron chi connectivity index (χ2n) is 8.11. The molecule has 0 fully saturated rings. The first-order valence-corrected chi connectivity index (χ1v) is 11.4. The number of carboxylic acid groups (broad SMARTS) is 1. The van der Waals surface area contributed by atoms with E-state index in [1.54, 1.807) is 0 Å². The summed E-state index contributed by atoms with van der Waals surface area (Å²) < 4.78 is 4.01. The number of benzene rings is 3. The Labute approximate surface area is 197 Å². The zero-order chi connectivity index (χ0) is 24.2. The summed E-state index contributed by atoms with van der Waals surface area (Å²) >= 11 is 0. The lowest BCUT2D eigenvalue weighted by Crippen LogP contribution is -2.23. The number of para-hydroxylation sites is 1. The summed E-state index contributed by atoms with van der Waals surface area (Å²) in [7, 11) is 0. The number of nitrogens with two attached hydrogens (primary N) is 1. The van der Waals surface area contributed by atoms with Gasteiger partial charge in [-0.05, 0) is 48.9 Å². The van der Waals surface area contributed by atoms with E-state index in [4.69, 9.17) is 20.6 Å². The zero-order valence-corrected chi connectivity index (χ0v) is 19.4. The average molecular weight is 457 g/mol. The highest BCUT2D eigenvalue weighted by Gasteiger charge is 2.17. The van der Waals surface area contributed by atoms with Gasteiger partial charge in [0.15, 0.2) is 0 Å². The molecule has 0 bridgehead atoms. The normalized spacial score (nSPS) is 11.0. The minimum atomic E-state index is -0.833. The summed E-state index contributed by atoms with van der Waals surface area (Å²) in [5.74, 6) is -0.833. The van der Waals surface area contributed by atoms with Crippen LogP contribution in [0.15, 0.2) is 71.7 Å². The average Bonchev–Trinajstić information content (AvgIpc) is 3.19. The third-order valence-corrected chi connectivity index (χ3v) is 5.78. The molecule has 0 aliphatic rings. The summed E-state index contributed by atoms with van der Waals surface area (Å²) in [6, 6.07) is 20.5. The molecule has 0 aliphatic carbocycles. The molecule has 0 unspecified atom stereocenters. The first-order valence-electron chi connectivity index (χ1n) is 11.4. The third kappa shape index (κ3) is 4.43. The van der Waals surface area contributed by atoms with E-state index in [-0.39, 0.29) is 5.56 Å². The summed E-state index contributed by atoms with van der Waals surface area (Å²) in [6.45, 7) is 5.13. The molecule has 0 radical (unpaired) electrons. The quantitative estimate of drug-likeness (QED) is 0.375. The zero-order valence-electron chi connectivity index (χ0n) is 19.4. The van der Waals surface area contributed by atoms with Crippen LogP contribution >= 0.6 is 0 Å². The summed E-state index contributed by atoms with van der Waals surface area (Å²) in [5.41, 5.74) is 9.87. The second kappa shape index (κ2) is 9.89. The second-order valence-corrected chi connectivity index (χ2v) is 8.11. The number of carboxylic acids is 1. The van der Waals surface area contributed by atoms with Gasteiger partial charge < -0.3 is 20.0 Å². The van der Waals surface area contributed by atoms with E-state index < -0.39 is 5.97 Å². The topological polar surface area (TPSA) is 103 Å². The molecule has 0 aliphatic heterocycles. The van der Waals surface area contributed by atoms with Crippen LogP contribution in [0.2, 0.25) is 0 Å². The van der Waals surface area contributed by atoms with Crippen LogP contribution in [0.25, 0.3) is 44.0 Å². The summed E-state index contributed by atoms with van der Waals surface area (Å²) in [6.07, 6.45) is 2.94. The lowest BCUT2D eigenvalue weighted by molar-refractivity contribution is -0.134. The molecule has 5 aromatic rings. The molecule has 174 valence electrons. The molecule has 0 spiro atoms. The fourth-order valence-electron chi connectivity index (χ4n) is 4.30. The maximum Gasteiger partial charge on any atom is 0.300 e. The number of aryl methyl sites for hydroxylation is 2. The van der Waals surface area contributed by atoms with E-state index >= 15 is 0 Å². The van der Waals surface area contributed by atoms with Gasteiger partial charge in [-0.25, -0.2) is 4.98 Å². The van der Waals surface area contributed by atoms with Crippen LogP contribution in [0.3, 0.4) is 0 Å². The Morgan fingerprint density at radius 2 is 1.68 bits per heavy atom. The molecule has 0 saturated carbocycles. The van der Waals surface area contributed by atoms with Gasteiger partial charge in [-0.15, -0.1) is 0 Å². The molecule has 7 nitrogen and oxygen atoms in total. The SMILES string of the molecule is CC(=O)O.CCn1c(=O)c(-c2cn(CCCN)c3ccccc23)nc2cc3ccccc3cc21. The lowest BCUT2D eigenvalue weighted by atomic mass is 10.1.